The lowest BCUT2D eigenvalue weighted by atomic mass is 9.94. The monoisotopic (exact) mass is 605 g/mol. The second kappa shape index (κ2) is 15.7. The third-order valence-corrected chi connectivity index (χ3v) is 7.15. The molecule has 234 valence electrons. The Hall–Kier alpha value is -4.68. The number of hydrogen-bond acceptors (Lipinski definition) is 8. The van der Waals surface area contributed by atoms with Crippen LogP contribution in [0.25, 0.3) is 0 Å². The van der Waals surface area contributed by atoms with Crippen LogP contribution >= 0.6 is 0 Å². The van der Waals surface area contributed by atoms with Crippen molar-refractivity contribution >= 4 is 24.0 Å². The van der Waals surface area contributed by atoms with Crippen LogP contribution in [0.3, 0.4) is 0 Å². The van der Waals surface area contributed by atoms with Gasteiger partial charge < -0.3 is 35.5 Å². The highest BCUT2D eigenvalue weighted by atomic mass is 16.5. The van der Waals surface area contributed by atoms with Crippen molar-refractivity contribution in [1.82, 2.24) is 26.2 Å². The van der Waals surface area contributed by atoms with Crippen LogP contribution in [-0.4, -0.2) is 75.5 Å². The summed E-state index contributed by atoms with van der Waals surface area (Å²) in [6.45, 7) is 4.84. The van der Waals surface area contributed by atoms with E-state index in [1.807, 2.05) is 65.6 Å². The van der Waals surface area contributed by atoms with Gasteiger partial charge in [-0.25, -0.2) is 19.2 Å². The molecule has 4 amide bonds. The number of nitrogens with one attached hydrogen (secondary N) is 4. The maximum atomic E-state index is 13.3. The summed E-state index contributed by atoms with van der Waals surface area (Å²) in [5, 5.41) is 11.3. The Labute approximate surface area is 256 Å². The normalized spacial score (nSPS) is 18.3. The van der Waals surface area contributed by atoms with E-state index in [2.05, 4.69) is 21.3 Å². The van der Waals surface area contributed by atoms with Crippen LogP contribution in [-0.2, 0) is 23.8 Å². The number of esters is 2. The molecular weight excluding hydrogens is 566 g/mol. The molecule has 0 saturated carbocycles. The molecule has 0 aromatic heterocycles. The van der Waals surface area contributed by atoms with E-state index in [1.54, 1.807) is 21.0 Å². The van der Waals surface area contributed by atoms with Crippen molar-refractivity contribution in [2.45, 2.75) is 32.4 Å². The Balaban J connectivity index is 1.77. The number of carbonyl (C=O) groups is 4. The van der Waals surface area contributed by atoms with Gasteiger partial charge in [-0.15, -0.1) is 0 Å². The molecule has 4 rings (SSSR count). The van der Waals surface area contributed by atoms with E-state index >= 15 is 0 Å². The van der Waals surface area contributed by atoms with Gasteiger partial charge in [0.2, 0.25) is 0 Å². The Morgan fingerprint density at radius 2 is 1.16 bits per heavy atom. The van der Waals surface area contributed by atoms with Gasteiger partial charge in [0.15, 0.2) is 0 Å². The van der Waals surface area contributed by atoms with E-state index in [0.29, 0.717) is 31.0 Å². The van der Waals surface area contributed by atoms with Crippen LogP contribution in [0.2, 0.25) is 0 Å². The van der Waals surface area contributed by atoms with Gasteiger partial charge in [0.1, 0.15) is 0 Å². The third kappa shape index (κ3) is 8.03. The number of nitrogens with zero attached hydrogens (tertiary/aromatic N) is 1. The molecule has 2 heterocycles. The molecule has 2 aliphatic rings. The highest BCUT2D eigenvalue weighted by Crippen LogP contribution is 2.30. The Morgan fingerprint density at radius 1 is 0.727 bits per heavy atom. The second-order valence-electron chi connectivity index (χ2n) is 10.2. The quantitative estimate of drug-likeness (QED) is 0.190. The summed E-state index contributed by atoms with van der Waals surface area (Å²) in [5.74, 6) is -1.13. The molecule has 44 heavy (non-hydrogen) atoms. The molecule has 0 fully saturated rings. The van der Waals surface area contributed by atoms with Crippen molar-refractivity contribution in [2.24, 2.45) is 0 Å². The summed E-state index contributed by atoms with van der Waals surface area (Å²) in [7, 11) is 1.60. The van der Waals surface area contributed by atoms with Gasteiger partial charge in [0, 0.05) is 44.7 Å². The maximum absolute atomic E-state index is 13.3. The standard InChI is InChI=1S/C32H39N5O7/c1-4-43-29(38)25-23(33-31(40)35-27(25)21-13-8-6-9-14-21)19-37(17-12-18-42-3)20-24-26(30(39)44-5-2)28(36-32(41)34-24)22-15-10-7-11-16-22/h6-11,13-16,27-28H,4-5,12,17-20H2,1-3H3,(H2,33,35,40)(H2,34,36,41)/t27-,28+. The third-order valence-electron chi connectivity index (χ3n) is 7.15. The summed E-state index contributed by atoms with van der Waals surface area (Å²) in [5.41, 5.74) is 2.69. The van der Waals surface area contributed by atoms with Crippen LogP contribution in [0.1, 0.15) is 43.5 Å². The lowest BCUT2D eigenvalue weighted by molar-refractivity contribution is -0.140. The molecule has 0 spiro atoms. The van der Waals surface area contributed by atoms with Crippen molar-refractivity contribution in [3.8, 4) is 0 Å². The van der Waals surface area contributed by atoms with E-state index in [1.165, 1.54) is 0 Å². The Kier molecular flexibility index (Phi) is 11.5. The number of ether oxygens (including phenoxy) is 3. The molecule has 0 radical (unpaired) electrons. The molecule has 0 unspecified atom stereocenters. The molecule has 0 aliphatic carbocycles. The fourth-order valence-corrected chi connectivity index (χ4v) is 5.27. The number of urea groups is 2. The van der Waals surface area contributed by atoms with E-state index in [9.17, 15) is 19.2 Å². The van der Waals surface area contributed by atoms with E-state index in [-0.39, 0.29) is 37.4 Å². The summed E-state index contributed by atoms with van der Waals surface area (Å²) >= 11 is 0. The van der Waals surface area contributed by atoms with Crippen LogP contribution in [0.5, 0.6) is 0 Å². The molecular formula is C32H39N5O7. The smallest absolute Gasteiger partial charge is 0.338 e. The number of carbonyl (C=O) groups excluding carboxylic acids is 4. The molecule has 2 aromatic carbocycles. The van der Waals surface area contributed by atoms with Crippen molar-refractivity contribution in [3.63, 3.8) is 0 Å². The predicted molar refractivity (Wildman–Crippen MR) is 162 cm³/mol. The molecule has 2 atom stereocenters. The van der Waals surface area contributed by atoms with Gasteiger partial charge in [-0.3, -0.25) is 4.90 Å². The van der Waals surface area contributed by atoms with E-state index in [4.69, 9.17) is 14.2 Å². The molecule has 4 N–H and O–H groups in total. The Morgan fingerprint density at radius 3 is 1.55 bits per heavy atom. The minimum absolute atomic E-state index is 0.105. The van der Waals surface area contributed by atoms with E-state index in [0.717, 1.165) is 11.1 Å². The van der Waals surface area contributed by atoms with Crippen molar-refractivity contribution in [1.29, 1.82) is 0 Å². The van der Waals surface area contributed by atoms with Crippen molar-refractivity contribution < 1.29 is 33.4 Å². The first-order chi connectivity index (χ1) is 21.4. The van der Waals surface area contributed by atoms with Gasteiger partial charge in [-0.2, -0.15) is 0 Å². The fraction of sp³-hybridized carbons (Fsp3) is 0.375. The van der Waals surface area contributed by atoms with Crippen LogP contribution in [0.4, 0.5) is 9.59 Å². The van der Waals surface area contributed by atoms with Gasteiger partial charge >= 0.3 is 24.0 Å². The number of amides is 4. The first kappa shape index (κ1) is 32.2. The largest absolute Gasteiger partial charge is 0.463 e. The lowest BCUT2D eigenvalue weighted by Gasteiger charge is -2.34. The van der Waals surface area contributed by atoms with Crippen molar-refractivity contribution in [3.05, 3.63) is 94.3 Å². The first-order valence-corrected chi connectivity index (χ1v) is 14.6. The molecule has 0 saturated heterocycles. The van der Waals surface area contributed by atoms with E-state index < -0.39 is 36.1 Å². The SMILES string of the molecule is CCOC(=O)C1=C(CN(CCCOC)CC2=C(C(=O)OCC)[C@@H](c3ccccc3)NC(=O)N2)NC(=O)N[C@H]1c1ccccc1. The number of methoxy groups -OCH3 is 1. The first-order valence-electron chi connectivity index (χ1n) is 14.6. The number of hydrogen-bond donors (Lipinski definition) is 4. The average Bonchev–Trinajstić information content (AvgIpc) is 3.01. The number of rotatable bonds is 14. The Bertz CT molecular complexity index is 1290. The summed E-state index contributed by atoms with van der Waals surface area (Å²) in [6, 6.07) is 15.9. The highest BCUT2D eigenvalue weighted by molar-refractivity contribution is 5.96. The van der Waals surface area contributed by atoms with Crippen LogP contribution in [0, 0.1) is 0 Å². The maximum Gasteiger partial charge on any atom is 0.338 e. The fourth-order valence-electron chi connectivity index (χ4n) is 5.27. The molecule has 2 aromatic rings. The summed E-state index contributed by atoms with van der Waals surface area (Å²) in [4.78, 5) is 54.4. The predicted octanol–water partition coefficient (Wildman–Crippen LogP) is 3.07. The van der Waals surface area contributed by atoms with Crippen LogP contribution < -0.4 is 21.3 Å². The molecule has 2 aliphatic heterocycles. The minimum Gasteiger partial charge on any atom is -0.463 e. The zero-order valence-electron chi connectivity index (χ0n) is 25.2. The van der Waals surface area contributed by atoms with Gasteiger partial charge in [0.25, 0.3) is 0 Å². The average molecular weight is 606 g/mol. The second-order valence-corrected chi connectivity index (χ2v) is 10.2. The van der Waals surface area contributed by atoms with Crippen molar-refractivity contribution in [2.75, 3.05) is 46.6 Å². The molecule has 12 nitrogen and oxygen atoms in total. The minimum atomic E-state index is -0.741. The topological polar surface area (TPSA) is 147 Å². The number of benzene rings is 2. The summed E-state index contributed by atoms with van der Waals surface area (Å²) < 4.78 is 16.1. The zero-order chi connectivity index (χ0) is 31.5. The zero-order valence-corrected chi connectivity index (χ0v) is 25.2. The van der Waals surface area contributed by atoms with Gasteiger partial charge in [-0.05, 0) is 31.4 Å². The molecule has 0 bridgehead atoms. The summed E-state index contributed by atoms with van der Waals surface area (Å²) in [6.07, 6.45) is 0.600. The highest BCUT2D eigenvalue weighted by Gasteiger charge is 2.37. The van der Waals surface area contributed by atoms with Gasteiger partial charge in [-0.1, -0.05) is 60.7 Å². The lowest BCUT2D eigenvalue weighted by Crippen LogP contribution is -2.51. The van der Waals surface area contributed by atoms with Gasteiger partial charge in [0.05, 0.1) is 36.4 Å². The molecule has 12 heteroatoms. The van der Waals surface area contributed by atoms with Crippen LogP contribution in [0.15, 0.2) is 83.2 Å².